The molecular weight excluding hydrogens is 338 g/mol. The van der Waals surface area contributed by atoms with Crippen LogP contribution in [0.3, 0.4) is 0 Å². The number of rotatable bonds is 3. The van der Waals surface area contributed by atoms with Crippen molar-refractivity contribution in [2.45, 2.75) is 11.8 Å². The van der Waals surface area contributed by atoms with E-state index in [4.69, 9.17) is 5.73 Å². The molecule has 1 spiro atoms. The zero-order chi connectivity index (χ0) is 17.6. The van der Waals surface area contributed by atoms with Crippen molar-refractivity contribution in [1.82, 2.24) is 4.90 Å². The van der Waals surface area contributed by atoms with Crippen LogP contribution in [0.2, 0.25) is 0 Å². The highest BCUT2D eigenvalue weighted by Gasteiger charge is 2.55. The second-order valence-electron chi connectivity index (χ2n) is 6.45. The zero-order valence-corrected chi connectivity index (χ0v) is 14.3. The minimum atomic E-state index is -0.780. The monoisotopic (exact) mass is 355 g/mol. The van der Waals surface area contributed by atoms with Gasteiger partial charge in [0.05, 0.1) is 11.0 Å². The lowest BCUT2D eigenvalue weighted by Gasteiger charge is -2.24. The van der Waals surface area contributed by atoms with Crippen molar-refractivity contribution in [2.24, 2.45) is 5.73 Å². The Morgan fingerprint density at radius 3 is 2.76 bits per heavy atom. The molecule has 2 aliphatic rings. The predicted octanol–water partition coefficient (Wildman–Crippen LogP) is 1.36. The van der Waals surface area contributed by atoms with Gasteiger partial charge in [0.1, 0.15) is 6.54 Å². The molecule has 1 aromatic carbocycles. The standard InChI is InChI=1S/C18H17N3O3S/c19-15(22)9-21-14-4-2-1-3-13(14)18(17(21)24)6-7-20(11-18)16(23)12-5-8-25-10-12/h1-5,8,10H,6-7,9,11H2,(H2,19,22)/t18-/m0/s1. The summed E-state index contributed by atoms with van der Waals surface area (Å²) in [5.74, 6) is -0.755. The number of thiophene rings is 1. The molecule has 2 aliphatic heterocycles. The van der Waals surface area contributed by atoms with Crippen molar-refractivity contribution >= 4 is 34.7 Å². The first kappa shape index (κ1) is 15.8. The number of carbonyl (C=O) groups is 3. The van der Waals surface area contributed by atoms with E-state index in [9.17, 15) is 14.4 Å². The second kappa shape index (κ2) is 5.70. The van der Waals surface area contributed by atoms with Gasteiger partial charge in [0.2, 0.25) is 11.8 Å². The van der Waals surface area contributed by atoms with Crippen LogP contribution in [0.4, 0.5) is 5.69 Å². The molecule has 1 saturated heterocycles. The van der Waals surface area contributed by atoms with Crippen LogP contribution in [-0.2, 0) is 15.0 Å². The summed E-state index contributed by atoms with van der Waals surface area (Å²) in [6, 6.07) is 9.25. The van der Waals surface area contributed by atoms with Crippen LogP contribution in [-0.4, -0.2) is 42.3 Å². The Bertz CT molecular complexity index is 864. The molecule has 2 aromatic rings. The minimum absolute atomic E-state index is 0.0586. The molecule has 0 aliphatic carbocycles. The van der Waals surface area contributed by atoms with Crippen LogP contribution in [0.25, 0.3) is 0 Å². The Morgan fingerprint density at radius 1 is 1.24 bits per heavy atom. The van der Waals surface area contributed by atoms with Crippen molar-refractivity contribution in [1.29, 1.82) is 0 Å². The number of nitrogens with two attached hydrogens (primary N) is 1. The first-order chi connectivity index (χ1) is 12.0. The number of carbonyl (C=O) groups excluding carboxylic acids is 3. The molecule has 1 atom stereocenters. The van der Waals surface area contributed by atoms with E-state index in [1.54, 1.807) is 11.0 Å². The van der Waals surface area contributed by atoms with Crippen LogP contribution >= 0.6 is 11.3 Å². The second-order valence-corrected chi connectivity index (χ2v) is 7.23. The first-order valence-electron chi connectivity index (χ1n) is 8.04. The van der Waals surface area contributed by atoms with Crippen molar-refractivity contribution < 1.29 is 14.4 Å². The fourth-order valence-electron chi connectivity index (χ4n) is 3.86. The molecule has 3 amide bonds. The van der Waals surface area contributed by atoms with E-state index in [0.717, 1.165) is 11.3 Å². The molecule has 1 fully saturated rings. The van der Waals surface area contributed by atoms with Gasteiger partial charge in [-0.15, -0.1) is 0 Å². The number of benzene rings is 1. The highest BCUT2D eigenvalue weighted by molar-refractivity contribution is 7.08. The summed E-state index contributed by atoms with van der Waals surface area (Å²) in [5, 5.41) is 3.68. The molecule has 2 N–H and O–H groups in total. The topological polar surface area (TPSA) is 83.7 Å². The molecule has 0 bridgehead atoms. The van der Waals surface area contributed by atoms with Crippen LogP contribution in [0.15, 0.2) is 41.1 Å². The van der Waals surface area contributed by atoms with E-state index in [1.165, 1.54) is 16.2 Å². The molecule has 7 heteroatoms. The van der Waals surface area contributed by atoms with Gasteiger partial charge in [-0.2, -0.15) is 11.3 Å². The summed E-state index contributed by atoms with van der Waals surface area (Å²) in [4.78, 5) is 40.4. The Balaban J connectivity index is 1.69. The minimum Gasteiger partial charge on any atom is -0.368 e. The summed E-state index contributed by atoms with van der Waals surface area (Å²) in [6.45, 7) is 0.696. The number of fused-ring (bicyclic) bond motifs is 2. The Kier molecular flexibility index (Phi) is 3.61. The lowest BCUT2D eigenvalue weighted by Crippen LogP contribution is -2.45. The van der Waals surface area contributed by atoms with Crippen LogP contribution in [0.1, 0.15) is 22.3 Å². The Morgan fingerprint density at radius 2 is 2.04 bits per heavy atom. The van der Waals surface area contributed by atoms with Gasteiger partial charge in [-0.25, -0.2) is 0 Å². The van der Waals surface area contributed by atoms with Gasteiger partial charge in [-0.1, -0.05) is 18.2 Å². The van der Waals surface area contributed by atoms with Crippen LogP contribution < -0.4 is 10.6 Å². The number of primary amides is 1. The average molecular weight is 355 g/mol. The van der Waals surface area contributed by atoms with Crippen molar-refractivity contribution in [2.75, 3.05) is 24.5 Å². The number of hydrogen-bond acceptors (Lipinski definition) is 4. The fourth-order valence-corrected chi connectivity index (χ4v) is 4.49. The zero-order valence-electron chi connectivity index (χ0n) is 13.5. The summed E-state index contributed by atoms with van der Waals surface area (Å²) in [7, 11) is 0. The van der Waals surface area contributed by atoms with E-state index >= 15 is 0 Å². The molecule has 0 saturated carbocycles. The SMILES string of the molecule is NC(=O)CN1C(=O)[C@]2(CCN(C(=O)c3ccsc3)C2)c2ccccc21. The normalized spacial score (nSPS) is 21.8. The number of anilines is 1. The van der Waals surface area contributed by atoms with E-state index in [0.29, 0.717) is 25.1 Å². The highest BCUT2D eigenvalue weighted by Crippen LogP contribution is 2.47. The first-order valence-corrected chi connectivity index (χ1v) is 8.98. The summed E-state index contributed by atoms with van der Waals surface area (Å²) >= 11 is 1.47. The third kappa shape index (κ3) is 2.34. The van der Waals surface area contributed by atoms with Gasteiger partial charge in [0.15, 0.2) is 0 Å². The molecule has 25 heavy (non-hydrogen) atoms. The lowest BCUT2D eigenvalue weighted by atomic mass is 9.81. The Labute approximate surface area is 148 Å². The molecule has 4 rings (SSSR count). The summed E-state index contributed by atoms with van der Waals surface area (Å²) in [5.41, 5.74) is 6.79. The largest absolute Gasteiger partial charge is 0.368 e. The predicted molar refractivity (Wildman–Crippen MR) is 94.5 cm³/mol. The van der Waals surface area contributed by atoms with Gasteiger partial charge in [0, 0.05) is 24.2 Å². The molecule has 1 aromatic heterocycles. The summed E-state index contributed by atoms with van der Waals surface area (Å²) in [6.07, 6.45) is 0.550. The van der Waals surface area contributed by atoms with Crippen molar-refractivity contribution in [3.05, 3.63) is 52.2 Å². The van der Waals surface area contributed by atoms with Gasteiger partial charge >= 0.3 is 0 Å². The number of hydrogen-bond donors (Lipinski definition) is 1. The number of likely N-dealkylation sites (tertiary alicyclic amines) is 1. The van der Waals surface area contributed by atoms with E-state index in [2.05, 4.69) is 0 Å². The highest BCUT2D eigenvalue weighted by atomic mass is 32.1. The maximum Gasteiger partial charge on any atom is 0.254 e. The van der Waals surface area contributed by atoms with Gasteiger partial charge in [-0.05, 0) is 29.5 Å². The molecule has 3 heterocycles. The van der Waals surface area contributed by atoms with Gasteiger partial charge in [-0.3, -0.25) is 14.4 Å². The average Bonchev–Trinajstić information content (AvgIpc) is 3.32. The quantitative estimate of drug-likeness (QED) is 0.902. The number of para-hydroxylation sites is 1. The number of amides is 3. The number of nitrogens with zero attached hydrogens (tertiary/aromatic N) is 2. The lowest BCUT2D eigenvalue weighted by molar-refractivity contribution is -0.125. The third-order valence-corrected chi connectivity index (χ3v) is 5.69. The smallest absolute Gasteiger partial charge is 0.254 e. The maximum absolute atomic E-state index is 13.2. The molecule has 6 nitrogen and oxygen atoms in total. The van der Waals surface area contributed by atoms with Crippen LogP contribution in [0.5, 0.6) is 0 Å². The van der Waals surface area contributed by atoms with E-state index < -0.39 is 11.3 Å². The molecule has 128 valence electrons. The molecule has 0 unspecified atom stereocenters. The van der Waals surface area contributed by atoms with Crippen molar-refractivity contribution in [3.63, 3.8) is 0 Å². The van der Waals surface area contributed by atoms with E-state index in [-0.39, 0.29) is 18.4 Å². The summed E-state index contributed by atoms with van der Waals surface area (Å²) < 4.78 is 0. The van der Waals surface area contributed by atoms with Gasteiger partial charge < -0.3 is 15.5 Å². The van der Waals surface area contributed by atoms with Crippen LogP contribution in [0, 0.1) is 0 Å². The van der Waals surface area contributed by atoms with Crippen molar-refractivity contribution in [3.8, 4) is 0 Å². The Hall–Kier alpha value is -2.67. The molecule has 0 radical (unpaired) electrons. The van der Waals surface area contributed by atoms with Gasteiger partial charge in [0.25, 0.3) is 5.91 Å². The maximum atomic E-state index is 13.2. The van der Waals surface area contributed by atoms with E-state index in [1.807, 2.05) is 35.0 Å². The third-order valence-electron chi connectivity index (χ3n) is 5.00. The fraction of sp³-hybridized carbons (Fsp3) is 0.278. The molecular formula is C18H17N3O3S.